The zero-order valence-corrected chi connectivity index (χ0v) is 19.2. The molecule has 3 aromatic rings. The first-order valence-electron chi connectivity index (χ1n) is 8.61. The van der Waals surface area contributed by atoms with Crippen molar-refractivity contribution in [3.63, 3.8) is 0 Å². The zero-order valence-electron chi connectivity index (χ0n) is 16.0. The number of thiophene rings is 1. The summed E-state index contributed by atoms with van der Waals surface area (Å²) < 4.78 is 7.12. The number of thiazole rings is 1. The van der Waals surface area contributed by atoms with Gasteiger partial charge in [0.15, 0.2) is 5.13 Å². The molecule has 0 aliphatic heterocycles. The number of nitrogens with zero attached hydrogens (tertiary/aromatic N) is 3. The first-order valence-corrected chi connectivity index (χ1v) is 10.6. The Morgan fingerprint density at radius 2 is 1.96 bits per heavy atom. The van der Waals surface area contributed by atoms with Crippen molar-refractivity contribution in [2.75, 3.05) is 39.2 Å². The highest BCUT2D eigenvalue weighted by Crippen LogP contribution is 2.34. The number of amides is 1. The standard InChI is InChI=1S/C19H22ClN3O2S2.ClH/c1-22(2)10-5-11-23(17(24)12-13-8-9-16(20)26-13)19-21-18-14(25-3)6-4-7-15(18)27-19;/h4,6-9H,5,10-12H2,1-3H3;1H. The molecule has 152 valence electrons. The number of anilines is 1. The molecule has 0 unspecified atom stereocenters. The Hall–Kier alpha value is -1.38. The third-order valence-electron chi connectivity index (χ3n) is 4.06. The van der Waals surface area contributed by atoms with Gasteiger partial charge in [0.25, 0.3) is 0 Å². The van der Waals surface area contributed by atoms with Gasteiger partial charge in [0.05, 0.1) is 22.6 Å². The third-order valence-corrected chi connectivity index (χ3v) is 6.34. The van der Waals surface area contributed by atoms with Gasteiger partial charge >= 0.3 is 0 Å². The van der Waals surface area contributed by atoms with E-state index in [1.165, 1.54) is 22.7 Å². The number of halogens is 2. The minimum atomic E-state index is 0. The monoisotopic (exact) mass is 459 g/mol. The summed E-state index contributed by atoms with van der Waals surface area (Å²) in [7, 11) is 5.69. The summed E-state index contributed by atoms with van der Waals surface area (Å²) in [6, 6.07) is 9.56. The van der Waals surface area contributed by atoms with E-state index in [4.69, 9.17) is 21.3 Å². The summed E-state index contributed by atoms with van der Waals surface area (Å²) in [5.74, 6) is 0.756. The predicted octanol–water partition coefficient (Wildman–Crippen LogP) is 4.97. The Morgan fingerprint density at radius 3 is 2.61 bits per heavy atom. The molecular formula is C19H23Cl2N3O2S2. The first-order chi connectivity index (χ1) is 13.0. The van der Waals surface area contributed by atoms with E-state index in [0.717, 1.165) is 33.8 Å². The summed E-state index contributed by atoms with van der Waals surface area (Å²) in [5, 5.41) is 0.709. The number of benzene rings is 1. The van der Waals surface area contributed by atoms with Crippen LogP contribution in [0.3, 0.4) is 0 Å². The molecule has 0 bridgehead atoms. The van der Waals surface area contributed by atoms with Crippen LogP contribution in [0.2, 0.25) is 4.34 Å². The lowest BCUT2D eigenvalue weighted by Crippen LogP contribution is -2.34. The molecule has 1 aromatic carbocycles. The van der Waals surface area contributed by atoms with Crippen LogP contribution in [0.15, 0.2) is 30.3 Å². The van der Waals surface area contributed by atoms with Gasteiger partial charge in [-0.15, -0.1) is 23.7 Å². The minimum Gasteiger partial charge on any atom is -0.494 e. The number of carbonyl (C=O) groups is 1. The van der Waals surface area contributed by atoms with Gasteiger partial charge in [0.2, 0.25) is 5.91 Å². The van der Waals surface area contributed by atoms with E-state index < -0.39 is 0 Å². The van der Waals surface area contributed by atoms with Crippen LogP contribution in [0.5, 0.6) is 5.75 Å². The lowest BCUT2D eigenvalue weighted by atomic mass is 10.3. The second-order valence-corrected chi connectivity index (χ2v) is 9.20. The minimum absolute atomic E-state index is 0. The van der Waals surface area contributed by atoms with E-state index in [2.05, 4.69) is 4.90 Å². The van der Waals surface area contributed by atoms with Crippen LogP contribution < -0.4 is 9.64 Å². The molecule has 0 atom stereocenters. The molecule has 0 saturated carbocycles. The Balaban J connectivity index is 0.00000280. The fourth-order valence-electron chi connectivity index (χ4n) is 2.76. The van der Waals surface area contributed by atoms with Gasteiger partial charge < -0.3 is 9.64 Å². The fourth-order valence-corrected chi connectivity index (χ4v) is 4.86. The largest absolute Gasteiger partial charge is 0.494 e. The van der Waals surface area contributed by atoms with Gasteiger partial charge in [-0.1, -0.05) is 29.0 Å². The second-order valence-electron chi connectivity index (χ2n) is 6.39. The van der Waals surface area contributed by atoms with Gasteiger partial charge in [0.1, 0.15) is 11.3 Å². The molecule has 1 amide bonds. The molecule has 0 radical (unpaired) electrons. The van der Waals surface area contributed by atoms with Gasteiger partial charge in [-0.2, -0.15) is 0 Å². The molecule has 0 aliphatic rings. The molecule has 0 N–H and O–H groups in total. The van der Waals surface area contributed by atoms with Crippen molar-refractivity contribution in [1.82, 2.24) is 9.88 Å². The molecule has 5 nitrogen and oxygen atoms in total. The molecule has 9 heteroatoms. The van der Waals surface area contributed by atoms with Crippen LogP contribution in [-0.4, -0.2) is 50.1 Å². The predicted molar refractivity (Wildman–Crippen MR) is 122 cm³/mol. The smallest absolute Gasteiger partial charge is 0.234 e. The van der Waals surface area contributed by atoms with Gasteiger partial charge in [0, 0.05) is 11.4 Å². The molecule has 2 aromatic heterocycles. The maximum absolute atomic E-state index is 13.0. The quantitative estimate of drug-likeness (QED) is 0.476. The van der Waals surface area contributed by atoms with Crippen LogP contribution in [0.25, 0.3) is 10.2 Å². The third kappa shape index (κ3) is 5.58. The molecule has 0 aliphatic carbocycles. The Morgan fingerprint density at radius 1 is 1.18 bits per heavy atom. The second kappa shape index (κ2) is 10.4. The lowest BCUT2D eigenvalue weighted by Gasteiger charge is -2.20. The Bertz CT molecular complexity index is 927. The number of methoxy groups -OCH3 is 1. The maximum atomic E-state index is 13.0. The number of fused-ring (bicyclic) bond motifs is 1. The normalized spacial score (nSPS) is 10.9. The zero-order chi connectivity index (χ0) is 19.4. The van der Waals surface area contributed by atoms with Gasteiger partial charge in [-0.25, -0.2) is 4.98 Å². The first kappa shape index (κ1) is 22.9. The summed E-state index contributed by atoms with van der Waals surface area (Å²) >= 11 is 8.97. The summed E-state index contributed by atoms with van der Waals surface area (Å²) in [6.45, 7) is 1.53. The van der Waals surface area contributed by atoms with Crippen molar-refractivity contribution in [1.29, 1.82) is 0 Å². The van der Waals surface area contributed by atoms with Crippen LogP contribution >= 0.6 is 46.7 Å². The van der Waals surface area contributed by atoms with E-state index in [9.17, 15) is 4.79 Å². The number of hydrogen-bond donors (Lipinski definition) is 0. The van der Waals surface area contributed by atoms with Crippen molar-refractivity contribution >= 4 is 67.9 Å². The lowest BCUT2D eigenvalue weighted by molar-refractivity contribution is -0.118. The van der Waals surface area contributed by atoms with Crippen molar-refractivity contribution in [3.05, 3.63) is 39.5 Å². The highest BCUT2D eigenvalue weighted by Gasteiger charge is 2.21. The number of rotatable bonds is 8. The number of para-hydroxylation sites is 1. The summed E-state index contributed by atoms with van der Waals surface area (Å²) in [4.78, 5) is 22.6. The maximum Gasteiger partial charge on any atom is 0.234 e. The van der Waals surface area contributed by atoms with Crippen LogP contribution in [0.1, 0.15) is 11.3 Å². The number of aromatic nitrogens is 1. The number of hydrogen-bond acceptors (Lipinski definition) is 6. The molecular weight excluding hydrogens is 437 g/mol. The van der Waals surface area contributed by atoms with E-state index in [1.807, 2.05) is 44.4 Å². The molecule has 0 fully saturated rings. The van der Waals surface area contributed by atoms with Crippen LogP contribution in [0.4, 0.5) is 5.13 Å². The van der Waals surface area contributed by atoms with Crippen LogP contribution in [0, 0.1) is 0 Å². The number of ether oxygens (including phenoxy) is 1. The van der Waals surface area contributed by atoms with E-state index >= 15 is 0 Å². The highest BCUT2D eigenvalue weighted by molar-refractivity contribution is 7.22. The van der Waals surface area contributed by atoms with Gasteiger partial charge in [-0.05, 0) is 51.3 Å². The van der Waals surface area contributed by atoms with E-state index in [0.29, 0.717) is 22.4 Å². The summed E-state index contributed by atoms with van der Waals surface area (Å²) in [6.07, 6.45) is 1.20. The van der Waals surface area contributed by atoms with Crippen molar-refractivity contribution < 1.29 is 9.53 Å². The highest BCUT2D eigenvalue weighted by atomic mass is 35.5. The average Bonchev–Trinajstić information content (AvgIpc) is 3.23. The molecule has 28 heavy (non-hydrogen) atoms. The van der Waals surface area contributed by atoms with Crippen LogP contribution in [-0.2, 0) is 11.2 Å². The topological polar surface area (TPSA) is 45.7 Å². The van der Waals surface area contributed by atoms with E-state index in [1.54, 1.807) is 12.0 Å². The van der Waals surface area contributed by atoms with Crippen molar-refractivity contribution in [3.8, 4) is 5.75 Å². The van der Waals surface area contributed by atoms with E-state index in [-0.39, 0.29) is 18.3 Å². The summed E-state index contributed by atoms with van der Waals surface area (Å²) in [5.41, 5.74) is 0.796. The fraction of sp³-hybridized carbons (Fsp3) is 0.368. The molecule has 2 heterocycles. The van der Waals surface area contributed by atoms with Crippen molar-refractivity contribution in [2.45, 2.75) is 12.8 Å². The Kier molecular flexibility index (Phi) is 8.52. The SMILES string of the molecule is COc1cccc2sc(N(CCCN(C)C)C(=O)Cc3ccc(Cl)s3)nc12.Cl. The van der Waals surface area contributed by atoms with Gasteiger partial charge in [-0.3, -0.25) is 9.69 Å². The molecule has 0 saturated heterocycles. The average molecular weight is 460 g/mol. The Labute approximate surface area is 184 Å². The molecule has 0 spiro atoms. The molecule has 3 rings (SSSR count). The number of carbonyl (C=O) groups excluding carboxylic acids is 1. The van der Waals surface area contributed by atoms with Crippen molar-refractivity contribution in [2.24, 2.45) is 0 Å².